The summed E-state index contributed by atoms with van der Waals surface area (Å²) in [5.74, 6) is -0.629. The van der Waals surface area contributed by atoms with E-state index in [1.54, 1.807) is 24.3 Å². The minimum absolute atomic E-state index is 0.330. The molecule has 4 N–H and O–H groups in total. The van der Waals surface area contributed by atoms with Crippen LogP contribution in [0.5, 0.6) is 5.75 Å². The zero-order chi connectivity index (χ0) is 19.1. The quantitative estimate of drug-likeness (QED) is 0.445. The number of hydrogen-bond donors (Lipinski definition) is 4. The van der Waals surface area contributed by atoms with E-state index in [0.29, 0.717) is 12.2 Å². The fourth-order valence-corrected chi connectivity index (χ4v) is 2.42. The zero-order valence-corrected chi connectivity index (χ0v) is 14.6. The maximum absolute atomic E-state index is 12.2. The molecule has 26 heavy (non-hydrogen) atoms. The fraction of sp³-hybridized carbons (Fsp3) is 0.263. The Morgan fingerprint density at radius 3 is 2.04 bits per heavy atom. The number of carbonyl (C=O) groups is 2. The van der Waals surface area contributed by atoms with Crippen LogP contribution in [0.4, 0.5) is 0 Å². The van der Waals surface area contributed by atoms with Gasteiger partial charge in [-0.25, -0.2) is 5.48 Å². The standard InChI is InChI=1S/C19H22N2O5/c1-3-26-16-10-8-14(9-11-16)13-4-6-15(7-5-13)18(23)20-17(12(2)22)19(24)21-25/h4-12,17,22,25H,3H2,1-2H3,(H,20,23)(H,21,24)/t12-,17+/m1/s1. The van der Waals surface area contributed by atoms with Gasteiger partial charge >= 0.3 is 0 Å². The van der Waals surface area contributed by atoms with Crippen molar-refractivity contribution in [2.45, 2.75) is 26.0 Å². The molecule has 0 aliphatic rings. The lowest BCUT2D eigenvalue weighted by Crippen LogP contribution is -2.51. The van der Waals surface area contributed by atoms with Crippen molar-refractivity contribution in [1.29, 1.82) is 0 Å². The smallest absolute Gasteiger partial charge is 0.268 e. The third-order valence-corrected chi connectivity index (χ3v) is 3.81. The Morgan fingerprint density at radius 1 is 1.04 bits per heavy atom. The van der Waals surface area contributed by atoms with E-state index in [4.69, 9.17) is 9.94 Å². The normalized spacial score (nSPS) is 12.8. The van der Waals surface area contributed by atoms with E-state index in [1.165, 1.54) is 12.4 Å². The molecule has 2 atom stereocenters. The summed E-state index contributed by atoms with van der Waals surface area (Å²) in [6, 6.07) is 13.2. The van der Waals surface area contributed by atoms with E-state index in [2.05, 4.69) is 5.32 Å². The van der Waals surface area contributed by atoms with E-state index >= 15 is 0 Å². The third-order valence-electron chi connectivity index (χ3n) is 3.81. The number of aliphatic hydroxyl groups is 1. The molecular weight excluding hydrogens is 336 g/mol. The summed E-state index contributed by atoms with van der Waals surface area (Å²) in [6.07, 6.45) is -1.16. The Labute approximate surface area is 151 Å². The van der Waals surface area contributed by atoms with Gasteiger partial charge in [-0.3, -0.25) is 14.8 Å². The highest BCUT2D eigenvalue weighted by molar-refractivity contribution is 5.97. The van der Waals surface area contributed by atoms with E-state index in [1.807, 2.05) is 31.2 Å². The number of ether oxygens (including phenoxy) is 1. The van der Waals surface area contributed by atoms with E-state index in [-0.39, 0.29) is 0 Å². The van der Waals surface area contributed by atoms with E-state index in [9.17, 15) is 14.7 Å². The highest BCUT2D eigenvalue weighted by atomic mass is 16.5. The van der Waals surface area contributed by atoms with Gasteiger partial charge in [0, 0.05) is 5.56 Å². The number of hydroxylamine groups is 1. The minimum atomic E-state index is -1.25. The Morgan fingerprint density at radius 2 is 1.58 bits per heavy atom. The number of amides is 2. The molecule has 0 heterocycles. The fourth-order valence-electron chi connectivity index (χ4n) is 2.42. The largest absolute Gasteiger partial charge is 0.494 e. The van der Waals surface area contributed by atoms with E-state index < -0.39 is 24.0 Å². The first kappa shape index (κ1) is 19.4. The van der Waals surface area contributed by atoms with Crippen molar-refractivity contribution in [3.05, 3.63) is 54.1 Å². The first-order valence-corrected chi connectivity index (χ1v) is 8.22. The first-order valence-electron chi connectivity index (χ1n) is 8.22. The maximum Gasteiger partial charge on any atom is 0.268 e. The van der Waals surface area contributed by atoms with Crippen molar-refractivity contribution in [3.8, 4) is 16.9 Å². The van der Waals surface area contributed by atoms with Crippen LogP contribution in [0.1, 0.15) is 24.2 Å². The van der Waals surface area contributed by atoms with Gasteiger partial charge in [0.1, 0.15) is 11.8 Å². The number of carbonyl (C=O) groups excluding carboxylic acids is 2. The molecule has 0 aliphatic heterocycles. The summed E-state index contributed by atoms with van der Waals surface area (Å²) < 4.78 is 5.41. The van der Waals surface area contributed by atoms with Gasteiger partial charge in [-0.15, -0.1) is 0 Å². The van der Waals surface area contributed by atoms with Crippen LogP contribution in [-0.2, 0) is 4.79 Å². The molecule has 2 aromatic rings. The van der Waals surface area contributed by atoms with Gasteiger partial charge in [-0.05, 0) is 49.2 Å². The molecule has 0 spiro atoms. The highest BCUT2D eigenvalue weighted by Crippen LogP contribution is 2.23. The summed E-state index contributed by atoms with van der Waals surface area (Å²) in [5.41, 5.74) is 3.65. The topological polar surface area (TPSA) is 108 Å². The minimum Gasteiger partial charge on any atom is -0.494 e. The lowest BCUT2D eigenvalue weighted by molar-refractivity contribution is -0.133. The summed E-state index contributed by atoms with van der Waals surface area (Å²) in [7, 11) is 0. The van der Waals surface area contributed by atoms with Crippen molar-refractivity contribution in [2.75, 3.05) is 6.61 Å². The van der Waals surface area contributed by atoms with Gasteiger partial charge in [-0.1, -0.05) is 24.3 Å². The lowest BCUT2D eigenvalue weighted by atomic mass is 10.0. The van der Waals surface area contributed by atoms with Crippen LogP contribution < -0.4 is 15.5 Å². The third kappa shape index (κ3) is 4.81. The second kappa shape index (κ2) is 8.98. The van der Waals surface area contributed by atoms with Gasteiger partial charge in [0.05, 0.1) is 12.7 Å². The second-order valence-corrected chi connectivity index (χ2v) is 5.70. The molecule has 2 rings (SSSR count). The molecule has 7 heteroatoms. The average molecular weight is 358 g/mol. The molecule has 0 radical (unpaired) electrons. The predicted octanol–water partition coefficient (Wildman–Crippen LogP) is 1.74. The van der Waals surface area contributed by atoms with Crippen LogP contribution >= 0.6 is 0 Å². The van der Waals surface area contributed by atoms with Crippen LogP contribution in [0.3, 0.4) is 0 Å². The second-order valence-electron chi connectivity index (χ2n) is 5.70. The number of benzene rings is 2. The molecule has 0 aromatic heterocycles. The Kier molecular flexibility index (Phi) is 6.71. The van der Waals surface area contributed by atoms with Crippen molar-refractivity contribution in [2.24, 2.45) is 0 Å². The predicted molar refractivity (Wildman–Crippen MR) is 95.9 cm³/mol. The van der Waals surface area contributed by atoms with E-state index in [0.717, 1.165) is 16.9 Å². The maximum atomic E-state index is 12.2. The monoisotopic (exact) mass is 358 g/mol. The van der Waals surface area contributed by atoms with Crippen LogP contribution in [0.15, 0.2) is 48.5 Å². The Hall–Kier alpha value is -2.90. The van der Waals surface area contributed by atoms with Crippen LogP contribution in [0, 0.1) is 0 Å². The van der Waals surface area contributed by atoms with Crippen LogP contribution in [-0.4, -0.2) is 40.9 Å². The molecule has 0 saturated carbocycles. The van der Waals surface area contributed by atoms with Crippen molar-refractivity contribution in [3.63, 3.8) is 0 Å². The molecule has 7 nitrogen and oxygen atoms in total. The van der Waals surface area contributed by atoms with Crippen molar-refractivity contribution < 1.29 is 24.6 Å². The summed E-state index contributed by atoms with van der Waals surface area (Å²) in [4.78, 5) is 23.7. The van der Waals surface area contributed by atoms with Crippen LogP contribution in [0.2, 0.25) is 0 Å². The van der Waals surface area contributed by atoms with Crippen molar-refractivity contribution >= 4 is 11.8 Å². The van der Waals surface area contributed by atoms with Gasteiger partial charge in [0.15, 0.2) is 0 Å². The molecular formula is C19H22N2O5. The lowest BCUT2D eigenvalue weighted by Gasteiger charge is -2.19. The molecule has 0 unspecified atom stereocenters. The molecule has 0 saturated heterocycles. The summed E-state index contributed by atoms with van der Waals surface area (Å²) in [6.45, 7) is 3.87. The van der Waals surface area contributed by atoms with Gasteiger partial charge < -0.3 is 15.2 Å². The summed E-state index contributed by atoms with van der Waals surface area (Å²) in [5, 5.41) is 20.6. The van der Waals surface area contributed by atoms with Crippen LogP contribution in [0.25, 0.3) is 11.1 Å². The first-order chi connectivity index (χ1) is 12.5. The number of nitrogens with one attached hydrogen (secondary N) is 2. The van der Waals surface area contributed by atoms with Gasteiger partial charge in [0.2, 0.25) is 0 Å². The molecule has 2 amide bonds. The number of aliphatic hydroxyl groups excluding tert-OH is 1. The van der Waals surface area contributed by atoms with Gasteiger partial charge in [-0.2, -0.15) is 0 Å². The Bertz CT molecular complexity index is 742. The number of hydrogen-bond acceptors (Lipinski definition) is 5. The number of rotatable bonds is 7. The van der Waals surface area contributed by atoms with Crippen molar-refractivity contribution in [1.82, 2.24) is 10.8 Å². The average Bonchev–Trinajstić information content (AvgIpc) is 2.66. The molecule has 0 aliphatic carbocycles. The Balaban J connectivity index is 2.10. The summed E-state index contributed by atoms with van der Waals surface area (Å²) >= 11 is 0. The molecule has 0 fully saturated rings. The zero-order valence-electron chi connectivity index (χ0n) is 14.6. The molecule has 138 valence electrons. The molecule has 2 aromatic carbocycles. The van der Waals surface area contributed by atoms with Gasteiger partial charge in [0.25, 0.3) is 11.8 Å². The highest BCUT2D eigenvalue weighted by Gasteiger charge is 2.25. The molecule has 0 bridgehead atoms. The SMILES string of the molecule is CCOc1ccc(-c2ccc(C(=O)N[C@H](C(=O)NO)[C@@H](C)O)cc2)cc1.